The van der Waals surface area contributed by atoms with Crippen LogP contribution < -0.4 is 4.90 Å². The maximum atomic E-state index is 2.55. The Hall–Kier alpha value is -9.76. The molecular formula is C86H72N2. The van der Waals surface area contributed by atoms with Gasteiger partial charge in [-0.1, -0.05) is 256 Å². The van der Waals surface area contributed by atoms with Crippen LogP contribution in [0.1, 0.15) is 107 Å². The first-order chi connectivity index (χ1) is 42.6. The molecule has 13 aromatic rings. The molecule has 0 bridgehead atoms. The van der Waals surface area contributed by atoms with E-state index in [0.29, 0.717) is 5.92 Å². The number of benzene rings is 12. The van der Waals surface area contributed by atoms with Gasteiger partial charge >= 0.3 is 0 Å². The number of fused-ring (bicyclic) bond motifs is 16. The second kappa shape index (κ2) is 19.9. The first-order valence-corrected chi connectivity index (χ1v) is 31.6. The van der Waals surface area contributed by atoms with Gasteiger partial charge in [0.2, 0.25) is 0 Å². The molecule has 3 aliphatic carbocycles. The van der Waals surface area contributed by atoms with E-state index in [2.05, 4.69) is 338 Å². The van der Waals surface area contributed by atoms with E-state index in [9.17, 15) is 0 Å². The van der Waals surface area contributed by atoms with Crippen LogP contribution in [0.5, 0.6) is 0 Å². The van der Waals surface area contributed by atoms with Gasteiger partial charge < -0.3 is 9.47 Å². The summed E-state index contributed by atoms with van der Waals surface area (Å²) in [6.07, 6.45) is 1.12. The van der Waals surface area contributed by atoms with Crippen LogP contribution in [0.2, 0.25) is 0 Å². The van der Waals surface area contributed by atoms with Crippen LogP contribution in [0.15, 0.2) is 273 Å². The summed E-state index contributed by atoms with van der Waals surface area (Å²) in [7, 11) is 0. The van der Waals surface area contributed by atoms with E-state index in [1.54, 1.807) is 0 Å². The Balaban J connectivity index is 0.798. The van der Waals surface area contributed by atoms with Crippen molar-refractivity contribution in [2.24, 2.45) is 10.8 Å². The molecule has 2 heteroatoms. The van der Waals surface area contributed by atoms with Crippen molar-refractivity contribution < 1.29 is 0 Å². The molecule has 1 aromatic heterocycles. The lowest BCUT2D eigenvalue weighted by molar-refractivity contribution is 0.229. The Morgan fingerprint density at radius 1 is 0.341 bits per heavy atom. The van der Waals surface area contributed by atoms with Crippen LogP contribution in [0.25, 0.3) is 94.3 Å². The van der Waals surface area contributed by atoms with Crippen LogP contribution in [-0.2, 0) is 10.8 Å². The van der Waals surface area contributed by atoms with E-state index in [0.717, 1.165) is 29.2 Å². The number of para-hydroxylation sites is 1. The first kappa shape index (κ1) is 53.7. The van der Waals surface area contributed by atoms with Crippen molar-refractivity contribution >= 4 is 38.9 Å². The molecule has 0 fully saturated rings. The molecule has 0 aliphatic heterocycles. The molecular weight excluding hydrogens is 1060 g/mol. The molecule has 1 spiro atoms. The number of aromatic nitrogens is 1. The number of anilines is 3. The lowest BCUT2D eigenvalue weighted by Gasteiger charge is -2.36. The summed E-state index contributed by atoms with van der Waals surface area (Å²) in [5.74, 6) is 0.421. The molecule has 0 radical (unpaired) electrons. The van der Waals surface area contributed by atoms with E-state index in [4.69, 9.17) is 0 Å². The number of rotatable bonds is 9. The van der Waals surface area contributed by atoms with Crippen molar-refractivity contribution in [3.63, 3.8) is 0 Å². The van der Waals surface area contributed by atoms with Crippen molar-refractivity contribution in [1.29, 1.82) is 0 Å². The van der Waals surface area contributed by atoms with Crippen LogP contribution in [0, 0.1) is 10.8 Å². The Morgan fingerprint density at radius 2 is 0.807 bits per heavy atom. The molecule has 3 aliphatic rings. The minimum absolute atomic E-state index is 0.119. The second-order valence-electron chi connectivity index (χ2n) is 27.9. The van der Waals surface area contributed by atoms with Gasteiger partial charge in [-0.2, -0.15) is 0 Å². The molecule has 2 atom stereocenters. The highest BCUT2D eigenvalue weighted by atomic mass is 15.1. The molecule has 2 nitrogen and oxygen atoms in total. The second-order valence-corrected chi connectivity index (χ2v) is 27.9. The number of hydrogen-bond donors (Lipinski definition) is 0. The fraction of sp³-hybridized carbons (Fsp3) is 0.163. The molecule has 16 rings (SSSR count). The molecule has 0 amide bonds. The standard InChI is InChI=1S/C86H72N2/c1-83(2,3)54-80(84(4,5)6)61-24-20-23-58(49-61)60-37-45-70-67-26-13-17-30-75(67)86(78(70)51-60)76-31-18-14-27-68(76)71-47-44-65(53-79(71)86)88-81-32-19-15-28-72(81)73-50-59(38-48-82(73)88)57-35-41-63(42-36-57)87(62-39-33-56(34-40-62)55-21-10-9-11-22-55)64-43-46-69-66-25-12-16-29-74(66)85(7,8)77(69)52-64/h9-53,80H,54H2,1-8H3. The fourth-order valence-electron chi connectivity index (χ4n) is 15.9. The minimum Gasteiger partial charge on any atom is -0.310 e. The maximum absolute atomic E-state index is 2.55. The minimum atomic E-state index is -0.524. The Morgan fingerprint density at radius 3 is 1.48 bits per heavy atom. The van der Waals surface area contributed by atoms with Crippen LogP contribution in [0.4, 0.5) is 17.1 Å². The molecule has 426 valence electrons. The van der Waals surface area contributed by atoms with Gasteiger partial charge in [0.05, 0.1) is 16.4 Å². The van der Waals surface area contributed by atoms with Crippen LogP contribution in [0.3, 0.4) is 0 Å². The third-order valence-corrected chi connectivity index (χ3v) is 20.0. The summed E-state index contributed by atoms with van der Waals surface area (Å²) in [6, 6.07) is 104. The monoisotopic (exact) mass is 1130 g/mol. The molecule has 2 unspecified atom stereocenters. The summed E-state index contributed by atoms with van der Waals surface area (Å²) in [6.45, 7) is 19.1. The smallest absolute Gasteiger partial charge is 0.0726 e. The summed E-state index contributed by atoms with van der Waals surface area (Å²) in [5.41, 5.74) is 31.3. The van der Waals surface area contributed by atoms with Crippen molar-refractivity contribution in [3.05, 3.63) is 312 Å². The van der Waals surface area contributed by atoms with E-state index < -0.39 is 5.41 Å². The van der Waals surface area contributed by atoms with E-state index in [1.807, 2.05) is 0 Å². The van der Waals surface area contributed by atoms with Gasteiger partial charge in [-0.15, -0.1) is 0 Å². The normalized spacial score (nSPS) is 15.4. The topological polar surface area (TPSA) is 8.17 Å². The summed E-state index contributed by atoms with van der Waals surface area (Å²) in [4.78, 5) is 2.42. The number of nitrogens with zero attached hydrogens (tertiary/aromatic N) is 2. The Bertz CT molecular complexity index is 4910. The first-order valence-electron chi connectivity index (χ1n) is 31.6. The molecule has 0 saturated carbocycles. The molecule has 0 saturated heterocycles. The zero-order valence-electron chi connectivity index (χ0n) is 51.7. The van der Waals surface area contributed by atoms with Crippen molar-refractivity contribution in [2.75, 3.05) is 4.90 Å². The summed E-state index contributed by atoms with van der Waals surface area (Å²) < 4.78 is 2.51. The Labute approximate surface area is 519 Å². The van der Waals surface area contributed by atoms with Gasteiger partial charge in [0.1, 0.15) is 0 Å². The largest absolute Gasteiger partial charge is 0.310 e. The molecule has 1 heterocycles. The third-order valence-electron chi connectivity index (χ3n) is 20.0. The van der Waals surface area contributed by atoms with E-state index >= 15 is 0 Å². The van der Waals surface area contributed by atoms with Crippen molar-refractivity contribution in [3.8, 4) is 72.4 Å². The van der Waals surface area contributed by atoms with Crippen molar-refractivity contribution in [1.82, 2.24) is 4.57 Å². The highest BCUT2D eigenvalue weighted by Crippen LogP contribution is 2.64. The highest BCUT2D eigenvalue weighted by molar-refractivity contribution is 6.11. The summed E-state index contributed by atoms with van der Waals surface area (Å²) >= 11 is 0. The van der Waals surface area contributed by atoms with Crippen LogP contribution in [-0.4, -0.2) is 4.57 Å². The summed E-state index contributed by atoms with van der Waals surface area (Å²) in [5, 5.41) is 2.47. The van der Waals surface area contributed by atoms with Gasteiger partial charge in [0.25, 0.3) is 0 Å². The van der Waals surface area contributed by atoms with Gasteiger partial charge in [0, 0.05) is 38.9 Å². The van der Waals surface area contributed by atoms with Crippen molar-refractivity contribution in [2.45, 2.75) is 78.6 Å². The van der Waals surface area contributed by atoms with E-state index in [-0.39, 0.29) is 16.2 Å². The predicted molar refractivity (Wildman–Crippen MR) is 372 cm³/mol. The van der Waals surface area contributed by atoms with Gasteiger partial charge in [-0.05, 0) is 202 Å². The molecule has 88 heavy (non-hydrogen) atoms. The highest BCUT2D eigenvalue weighted by Gasteiger charge is 2.52. The predicted octanol–water partition coefficient (Wildman–Crippen LogP) is 23.5. The van der Waals surface area contributed by atoms with Gasteiger partial charge in [0.15, 0.2) is 0 Å². The fourth-order valence-corrected chi connectivity index (χ4v) is 15.9. The zero-order chi connectivity index (χ0) is 59.8. The maximum Gasteiger partial charge on any atom is 0.0726 e. The SMILES string of the molecule is CC(C)(C)CC(c1cccc(-c2ccc3c(c2)C2(c4ccccc4-3)c3ccccc3-c3ccc(-n4c5ccccc5c5cc(-c6ccc(N(c7ccc(-c8ccccc8)cc7)c7ccc8c(c7)C(C)(C)c7ccccc7-8)cc6)ccc54)cc32)c1)C(C)(C)C. The molecule has 0 N–H and O–H groups in total. The average molecular weight is 1130 g/mol. The quantitative estimate of drug-likeness (QED) is 0.140. The van der Waals surface area contributed by atoms with Crippen LogP contribution >= 0.6 is 0 Å². The Kier molecular flexibility index (Phi) is 12.1. The average Bonchev–Trinajstić information content (AvgIpc) is 1.51. The molecule has 12 aromatic carbocycles. The van der Waals surface area contributed by atoms with Gasteiger partial charge in [-0.25, -0.2) is 0 Å². The van der Waals surface area contributed by atoms with Gasteiger partial charge in [-0.3, -0.25) is 0 Å². The third kappa shape index (κ3) is 8.36. The number of hydrogen-bond acceptors (Lipinski definition) is 1. The lowest BCUT2D eigenvalue weighted by atomic mass is 9.68. The van der Waals surface area contributed by atoms with E-state index in [1.165, 1.54) is 128 Å². The lowest BCUT2D eigenvalue weighted by Crippen LogP contribution is -2.26. The zero-order valence-corrected chi connectivity index (χ0v) is 51.7.